The van der Waals surface area contributed by atoms with Gasteiger partial charge < -0.3 is 5.73 Å². The molecule has 0 bridgehead atoms. The molecule has 0 spiro atoms. The van der Waals surface area contributed by atoms with Gasteiger partial charge in [0.05, 0.1) is 0 Å². The number of rotatable bonds is 6. The Labute approximate surface area is 129 Å². The molecule has 1 aliphatic rings. The van der Waals surface area contributed by atoms with E-state index in [-0.39, 0.29) is 6.04 Å². The second-order valence-corrected chi connectivity index (χ2v) is 9.74. The normalized spacial score (nSPS) is 23.4. The van der Waals surface area contributed by atoms with Crippen molar-refractivity contribution < 1.29 is 8.42 Å². The average molecular weight is 335 g/mol. The third-order valence-corrected chi connectivity index (χ3v) is 8.04. The zero-order chi connectivity index (χ0) is 14.8. The fourth-order valence-electron chi connectivity index (χ4n) is 2.54. The smallest absolute Gasteiger partial charge is 0.250 e. The summed E-state index contributed by atoms with van der Waals surface area (Å²) < 4.78 is 28.0. The lowest BCUT2D eigenvalue weighted by Crippen LogP contribution is -2.32. The Morgan fingerprint density at radius 3 is 2.85 bits per heavy atom. The van der Waals surface area contributed by atoms with E-state index in [1.165, 1.54) is 11.3 Å². The molecular weight excluding hydrogens is 312 g/mol. The van der Waals surface area contributed by atoms with Gasteiger partial charge in [0.2, 0.25) is 10.0 Å². The molecule has 114 valence electrons. The summed E-state index contributed by atoms with van der Waals surface area (Å²) in [5, 5.41) is 0.595. The molecule has 1 aliphatic carbocycles. The van der Waals surface area contributed by atoms with Crippen molar-refractivity contribution in [3.05, 3.63) is 16.5 Å². The third kappa shape index (κ3) is 3.76. The van der Waals surface area contributed by atoms with E-state index >= 15 is 0 Å². The van der Waals surface area contributed by atoms with Gasteiger partial charge >= 0.3 is 0 Å². The van der Waals surface area contributed by atoms with Crippen LogP contribution in [-0.2, 0) is 16.6 Å². The minimum absolute atomic E-state index is 0.0767. The van der Waals surface area contributed by atoms with Crippen LogP contribution in [0.5, 0.6) is 0 Å². The highest BCUT2D eigenvalue weighted by Crippen LogP contribution is 2.31. The molecule has 3 N–H and O–H groups in total. The quantitative estimate of drug-likeness (QED) is 0.838. The van der Waals surface area contributed by atoms with Gasteiger partial charge in [-0.2, -0.15) is 11.8 Å². The lowest BCUT2D eigenvalue weighted by atomic mass is 10.3. The Morgan fingerprint density at radius 2 is 2.25 bits per heavy atom. The molecule has 0 radical (unpaired) electrons. The number of thioether (sulfide) groups is 1. The van der Waals surface area contributed by atoms with E-state index in [4.69, 9.17) is 5.73 Å². The first-order chi connectivity index (χ1) is 9.46. The van der Waals surface area contributed by atoms with Crippen LogP contribution < -0.4 is 10.5 Å². The highest BCUT2D eigenvalue weighted by atomic mass is 32.2. The largest absolute Gasteiger partial charge is 0.326 e. The molecule has 0 aromatic carbocycles. The van der Waals surface area contributed by atoms with Gasteiger partial charge in [-0.1, -0.05) is 6.92 Å². The number of hydrogen-bond acceptors (Lipinski definition) is 5. The highest BCUT2D eigenvalue weighted by Gasteiger charge is 2.29. The second-order valence-electron chi connectivity index (χ2n) is 5.08. The Bertz CT molecular complexity index is 554. The first-order valence-corrected chi connectivity index (χ1v) is 10.2. The van der Waals surface area contributed by atoms with Crippen LogP contribution in [0.2, 0.25) is 0 Å². The van der Waals surface area contributed by atoms with Gasteiger partial charge in [0.25, 0.3) is 0 Å². The van der Waals surface area contributed by atoms with Crippen LogP contribution in [0.25, 0.3) is 0 Å². The van der Waals surface area contributed by atoms with E-state index in [1.807, 2.05) is 18.7 Å². The summed E-state index contributed by atoms with van der Waals surface area (Å²) in [7, 11) is -3.39. The van der Waals surface area contributed by atoms with Crippen LogP contribution in [-0.4, -0.2) is 25.5 Å². The second kappa shape index (κ2) is 6.79. The predicted molar refractivity (Wildman–Crippen MR) is 86.8 cm³/mol. The topological polar surface area (TPSA) is 72.2 Å². The third-order valence-electron chi connectivity index (χ3n) is 3.56. The summed E-state index contributed by atoms with van der Waals surface area (Å²) in [6.45, 7) is 4.44. The highest BCUT2D eigenvalue weighted by molar-refractivity contribution is 7.99. The molecular formula is C13H22N2O2S3. The molecule has 1 aromatic heterocycles. The first-order valence-electron chi connectivity index (χ1n) is 6.89. The maximum atomic E-state index is 12.4. The fraction of sp³-hybridized carbons (Fsp3) is 0.692. The zero-order valence-corrected chi connectivity index (χ0v) is 14.3. The molecule has 1 heterocycles. The number of nitrogens with two attached hydrogens (primary N) is 1. The summed E-state index contributed by atoms with van der Waals surface area (Å²) >= 11 is 3.21. The van der Waals surface area contributed by atoms with E-state index in [1.54, 1.807) is 6.07 Å². The van der Waals surface area contributed by atoms with Gasteiger partial charge in [0.1, 0.15) is 4.21 Å². The molecule has 20 heavy (non-hydrogen) atoms. The monoisotopic (exact) mass is 334 g/mol. The maximum absolute atomic E-state index is 12.4. The number of thiophene rings is 1. The van der Waals surface area contributed by atoms with Crippen molar-refractivity contribution in [2.24, 2.45) is 5.73 Å². The summed E-state index contributed by atoms with van der Waals surface area (Å²) in [4.78, 5) is 0.941. The van der Waals surface area contributed by atoms with Crippen molar-refractivity contribution in [2.75, 3.05) is 5.75 Å². The van der Waals surface area contributed by atoms with Gasteiger partial charge in [0, 0.05) is 22.7 Å². The molecule has 0 aliphatic heterocycles. The Kier molecular flexibility index (Phi) is 5.53. The van der Waals surface area contributed by atoms with Crippen LogP contribution in [0, 0.1) is 6.92 Å². The lowest BCUT2D eigenvalue weighted by molar-refractivity contribution is 0.554. The van der Waals surface area contributed by atoms with Crippen LogP contribution in [0.3, 0.4) is 0 Å². The first kappa shape index (κ1) is 16.3. The molecule has 2 rings (SSSR count). The minimum atomic E-state index is -3.39. The minimum Gasteiger partial charge on any atom is -0.326 e. The Hall–Kier alpha value is -0.0800. The number of aryl methyl sites for hydroxylation is 1. The van der Waals surface area contributed by atoms with Crippen molar-refractivity contribution in [1.29, 1.82) is 0 Å². The van der Waals surface area contributed by atoms with Crippen molar-refractivity contribution >= 4 is 33.1 Å². The van der Waals surface area contributed by atoms with Gasteiger partial charge in [0.15, 0.2) is 0 Å². The summed E-state index contributed by atoms with van der Waals surface area (Å²) in [6.07, 6.45) is 2.97. The van der Waals surface area contributed by atoms with Gasteiger partial charge in [-0.3, -0.25) is 0 Å². The Morgan fingerprint density at radius 1 is 1.50 bits per heavy atom. The number of nitrogens with one attached hydrogen (secondary N) is 1. The molecule has 0 amide bonds. The van der Waals surface area contributed by atoms with E-state index in [9.17, 15) is 8.42 Å². The molecule has 0 saturated heterocycles. The molecule has 1 aromatic rings. The fourth-order valence-corrected chi connectivity index (χ4v) is 6.45. The molecule has 2 unspecified atom stereocenters. The Balaban J connectivity index is 2.04. The van der Waals surface area contributed by atoms with Gasteiger partial charge in [-0.05, 0) is 43.6 Å². The summed E-state index contributed by atoms with van der Waals surface area (Å²) in [6, 6.07) is 1.80. The number of sulfonamides is 1. The van der Waals surface area contributed by atoms with E-state index < -0.39 is 10.0 Å². The predicted octanol–water partition coefficient (Wildman–Crippen LogP) is 2.47. The van der Waals surface area contributed by atoms with Crippen LogP contribution in [0.4, 0.5) is 0 Å². The van der Waals surface area contributed by atoms with Crippen molar-refractivity contribution in [3.8, 4) is 0 Å². The van der Waals surface area contributed by atoms with Crippen molar-refractivity contribution in [1.82, 2.24) is 4.72 Å². The SMILES string of the molecule is CCSC1CCC(NS(=O)(=O)c2cc(C)c(CN)s2)C1. The lowest BCUT2D eigenvalue weighted by Gasteiger charge is -2.12. The average Bonchev–Trinajstić information content (AvgIpc) is 2.96. The molecule has 1 fully saturated rings. The standard InChI is InChI=1S/C13H22N2O2S3/c1-3-18-11-5-4-10(7-11)15-20(16,17)13-6-9(2)12(8-14)19-13/h6,10-11,15H,3-5,7-8,14H2,1-2H3. The van der Waals surface area contributed by atoms with Crippen LogP contribution in [0.15, 0.2) is 10.3 Å². The molecule has 1 saturated carbocycles. The molecule has 2 atom stereocenters. The van der Waals surface area contributed by atoms with Gasteiger partial charge in [-0.15, -0.1) is 11.3 Å². The van der Waals surface area contributed by atoms with E-state index in [2.05, 4.69) is 11.6 Å². The van der Waals surface area contributed by atoms with Crippen molar-refractivity contribution in [3.63, 3.8) is 0 Å². The van der Waals surface area contributed by atoms with E-state index in [0.29, 0.717) is 16.0 Å². The molecule has 4 nitrogen and oxygen atoms in total. The van der Waals surface area contributed by atoms with Crippen LogP contribution >= 0.6 is 23.1 Å². The van der Waals surface area contributed by atoms with Crippen LogP contribution in [0.1, 0.15) is 36.6 Å². The zero-order valence-electron chi connectivity index (χ0n) is 11.9. The molecule has 7 heteroatoms. The van der Waals surface area contributed by atoms with Gasteiger partial charge in [-0.25, -0.2) is 13.1 Å². The summed E-state index contributed by atoms with van der Waals surface area (Å²) in [5.74, 6) is 1.09. The van der Waals surface area contributed by atoms with E-state index in [0.717, 1.165) is 35.5 Å². The van der Waals surface area contributed by atoms with Crippen molar-refractivity contribution in [2.45, 2.75) is 55.2 Å². The summed E-state index contributed by atoms with van der Waals surface area (Å²) in [5.41, 5.74) is 6.58. The maximum Gasteiger partial charge on any atom is 0.250 e. The number of hydrogen-bond donors (Lipinski definition) is 2.